The van der Waals surface area contributed by atoms with Crippen molar-refractivity contribution in [3.8, 4) is 0 Å². The largest absolute Gasteiger partial charge is 0.296 e. The van der Waals surface area contributed by atoms with Gasteiger partial charge >= 0.3 is 0 Å². The fraction of sp³-hybridized carbons (Fsp3) is 0.300. The zero-order chi connectivity index (χ0) is 19.1. The third-order valence-electron chi connectivity index (χ3n) is 4.44. The number of halogens is 2. The van der Waals surface area contributed by atoms with Gasteiger partial charge in [-0.3, -0.25) is 14.6 Å². The van der Waals surface area contributed by atoms with E-state index >= 15 is 0 Å². The fourth-order valence-corrected chi connectivity index (χ4v) is 3.17. The number of hydrogen-bond donors (Lipinski definition) is 1. The van der Waals surface area contributed by atoms with Crippen LogP contribution >= 0.6 is 11.6 Å². The first-order valence-corrected chi connectivity index (χ1v) is 9.23. The molecule has 3 rings (SSSR count). The van der Waals surface area contributed by atoms with Gasteiger partial charge in [-0.05, 0) is 29.3 Å². The van der Waals surface area contributed by atoms with Crippen molar-refractivity contribution in [2.24, 2.45) is 5.10 Å². The maximum atomic E-state index is 13.1. The molecule has 0 spiro atoms. The standard InChI is InChI=1S/C20H22ClFN4O/c21-19-7-2-1-5-17(19)14-25-8-10-26(11-9-25)15-20(27)24-23-13-16-4-3-6-18(22)12-16/h1-7,12-13H,8-11,14-15H2,(H,24,27)/b23-13+. The number of benzene rings is 2. The molecule has 1 aliphatic heterocycles. The summed E-state index contributed by atoms with van der Waals surface area (Å²) in [7, 11) is 0. The third-order valence-corrected chi connectivity index (χ3v) is 4.80. The van der Waals surface area contributed by atoms with E-state index in [1.54, 1.807) is 12.1 Å². The van der Waals surface area contributed by atoms with Crippen LogP contribution in [-0.2, 0) is 11.3 Å². The van der Waals surface area contributed by atoms with E-state index in [0.29, 0.717) is 12.1 Å². The Morgan fingerprint density at radius 1 is 1.11 bits per heavy atom. The van der Waals surface area contributed by atoms with Gasteiger partial charge in [0.2, 0.25) is 0 Å². The number of piperazine rings is 1. The van der Waals surface area contributed by atoms with Crippen LogP contribution in [0.2, 0.25) is 5.02 Å². The van der Waals surface area contributed by atoms with Crippen molar-refractivity contribution in [2.75, 3.05) is 32.7 Å². The second kappa shape index (κ2) is 9.60. The highest BCUT2D eigenvalue weighted by atomic mass is 35.5. The van der Waals surface area contributed by atoms with Crippen LogP contribution in [0, 0.1) is 5.82 Å². The minimum atomic E-state index is -0.333. The number of carbonyl (C=O) groups excluding carboxylic acids is 1. The highest BCUT2D eigenvalue weighted by molar-refractivity contribution is 6.31. The van der Waals surface area contributed by atoms with Crippen molar-refractivity contribution in [1.82, 2.24) is 15.2 Å². The van der Waals surface area contributed by atoms with Gasteiger partial charge < -0.3 is 0 Å². The summed E-state index contributed by atoms with van der Waals surface area (Å²) in [4.78, 5) is 16.4. The molecule has 142 valence electrons. The van der Waals surface area contributed by atoms with Crippen LogP contribution < -0.4 is 5.43 Å². The molecule has 1 heterocycles. The van der Waals surface area contributed by atoms with E-state index in [0.717, 1.165) is 43.3 Å². The van der Waals surface area contributed by atoms with E-state index in [-0.39, 0.29) is 11.7 Å². The summed E-state index contributed by atoms with van der Waals surface area (Å²) >= 11 is 6.22. The molecule has 7 heteroatoms. The molecule has 1 amide bonds. The van der Waals surface area contributed by atoms with Crippen LogP contribution in [0.1, 0.15) is 11.1 Å². The molecular formula is C20H22ClFN4O. The van der Waals surface area contributed by atoms with Gasteiger partial charge in [0.1, 0.15) is 5.82 Å². The molecule has 0 aromatic heterocycles. The highest BCUT2D eigenvalue weighted by Crippen LogP contribution is 2.17. The van der Waals surface area contributed by atoms with Gasteiger partial charge in [0.25, 0.3) is 5.91 Å². The van der Waals surface area contributed by atoms with Gasteiger partial charge in [0.15, 0.2) is 0 Å². The summed E-state index contributed by atoms with van der Waals surface area (Å²) in [6.45, 7) is 4.49. The Morgan fingerprint density at radius 2 is 1.85 bits per heavy atom. The van der Waals surface area contributed by atoms with Crippen LogP contribution in [0.25, 0.3) is 0 Å². The summed E-state index contributed by atoms with van der Waals surface area (Å²) < 4.78 is 13.1. The maximum Gasteiger partial charge on any atom is 0.254 e. The topological polar surface area (TPSA) is 47.9 Å². The molecule has 0 aliphatic carbocycles. The Labute approximate surface area is 163 Å². The lowest BCUT2D eigenvalue weighted by Gasteiger charge is -2.34. The molecule has 0 unspecified atom stereocenters. The normalized spacial score (nSPS) is 15.9. The summed E-state index contributed by atoms with van der Waals surface area (Å²) in [6.07, 6.45) is 1.43. The number of amides is 1. The van der Waals surface area contributed by atoms with Gasteiger partial charge in [-0.15, -0.1) is 0 Å². The first-order chi connectivity index (χ1) is 13.1. The third kappa shape index (κ3) is 6.13. The summed E-state index contributed by atoms with van der Waals surface area (Å²) in [5.74, 6) is -0.512. The van der Waals surface area contributed by atoms with Crippen LogP contribution in [0.5, 0.6) is 0 Å². The molecule has 27 heavy (non-hydrogen) atoms. The summed E-state index contributed by atoms with van der Waals surface area (Å²) in [5, 5.41) is 4.67. The monoisotopic (exact) mass is 388 g/mol. The highest BCUT2D eigenvalue weighted by Gasteiger charge is 2.19. The number of nitrogens with zero attached hydrogens (tertiary/aromatic N) is 3. The van der Waals surface area contributed by atoms with Gasteiger partial charge in [0, 0.05) is 37.7 Å². The van der Waals surface area contributed by atoms with Gasteiger partial charge in [0.05, 0.1) is 12.8 Å². The molecule has 1 saturated heterocycles. The quantitative estimate of drug-likeness (QED) is 0.611. The molecule has 2 aromatic rings. The smallest absolute Gasteiger partial charge is 0.254 e. The number of rotatable bonds is 6. The molecular weight excluding hydrogens is 367 g/mol. The molecule has 5 nitrogen and oxygen atoms in total. The zero-order valence-electron chi connectivity index (χ0n) is 14.9. The van der Waals surface area contributed by atoms with Crippen LogP contribution in [0.3, 0.4) is 0 Å². The number of nitrogens with one attached hydrogen (secondary N) is 1. The average molecular weight is 389 g/mol. The zero-order valence-corrected chi connectivity index (χ0v) is 15.7. The molecule has 1 N–H and O–H groups in total. The first kappa shape index (κ1) is 19.5. The van der Waals surface area contributed by atoms with E-state index in [1.807, 2.05) is 24.3 Å². The van der Waals surface area contributed by atoms with E-state index < -0.39 is 0 Å². The fourth-order valence-electron chi connectivity index (χ4n) is 2.98. The maximum absolute atomic E-state index is 13.1. The Hall–Kier alpha value is -2.28. The predicted molar refractivity (Wildman–Crippen MR) is 105 cm³/mol. The predicted octanol–water partition coefficient (Wildman–Crippen LogP) is 2.75. The summed E-state index contributed by atoms with van der Waals surface area (Å²) in [5.41, 5.74) is 4.21. The van der Waals surface area contributed by atoms with Crippen molar-refractivity contribution in [2.45, 2.75) is 6.54 Å². The SMILES string of the molecule is O=C(CN1CCN(Cc2ccccc2Cl)CC1)N/N=C/c1cccc(F)c1. The van der Waals surface area contributed by atoms with Crippen molar-refractivity contribution in [3.63, 3.8) is 0 Å². The average Bonchev–Trinajstić information content (AvgIpc) is 2.65. The number of hydrogen-bond acceptors (Lipinski definition) is 4. The second-order valence-electron chi connectivity index (χ2n) is 6.49. The molecule has 0 radical (unpaired) electrons. The number of carbonyl (C=O) groups is 1. The van der Waals surface area contributed by atoms with Crippen molar-refractivity contribution < 1.29 is 9.18 Å². The molecule has 2 aromatic carbocycles. The Morgan fingerprint density at radius 3 is 2.59 bits per heavy atom. The van der Waals surface area contributed by atoms with Crippen LogP contribution in [-0.4, -0.2) is 54.6 Å². The van der Waals surface area contributed by atoms with Gasteiger partial charge in [-0.2, -0.15) is 5.10 Å². The molecule has 1 aliphatic rings. The lowest BCUT2D eigenvalue weighted by molar-refractivity contribution is -0.122. The molecule has 0 saturated carbocycles. The van der Waals surface area contributed by atoms with Gasteiger partial charge in [-0.1, -0.05) is 41.9 Å². The van der Waals surface area contributed by atoms with Crippen molar-refractivity contribution >= 4 is 23.7 Å². The minimum absolute atomic E-state index is 0.179. The number of hydrazone groups is 1. The van der Waals surface area contributed by atoms with Crippen molar-refractivity contribution in [1.29, 1.82) is 0 Å². The molecule has 0 bridgehead atoms. The molecule has 0 atom stereocenters. The second-order valence-corrected chi connectivity index (χ2v) is 6.90. The van der Waals surface area contributed by atoms with Gasteiger partial charge in [-0.25, -0.2) is 9.82 Å². The Balaban J connectivity index is 1.39. The Kier molecular flexibility index (Phi) is 6.92. The summed E-state index contributed by atoms with van der Waals surface area (Å²) in [6, 6.07) is 13.9. The minimum Gasteiger partial charge on any atom is -0.296 e. The van der Waals surface area contributed by atoms with Crippen LogP contribution in [0.4, 0.5) is 4.39 Å². The first-order valence-electron chi connectivity index (χ1n) is 8.86. The van der Waals surface area contributed by atoms with E-state index in [2.05, 4.69) is 20.3 Å². The Bertz CT molecular complexity index is 806. The van der Waals surface area contributed by atoms with E-state index in [4.69, 9.17) is 11.6 Å². The van der Waals surface area contributed by atoms with Crippen molar-refractivity contribution in [3.05, 3.63) is 70.5 Å². The van der Waals surface area contributed by atoms with E-state index in [1.165, 1.54) is 18.3 Å². The molecule has 1 fully saturated rings. The van der Waals surface area contributed by atoms with E-state index in [9.17, 15) is 9.18 Å². The lowest BCUT2D eigenvalue weighted by atomic mass is 10.2. The van der Waals surface area contributed by atoms with Crippen LogP contribution in [0.15, 0.2) is 53.6 Å². The lowest BCUT2D eigenvalue weighted by Crippen LogP contribution is -2.48.